The number of fused-ring (bicyclic) bond motifs is 1. The van der Waals surface area contributed by atoms with E-state index in [1.165, 1.54) is 17.6 Å². The summed E-state index contributed by atoms with van der Waals surface area (Å²) in [6, 6.07) is 14.3. The number of anilines is 1. The van der Waals surface area contributed by atoms with Crippen LogP contribution in [0.25, 0.3) is 11.0 Å². The van der Waals surface area contributed by atoms with E-state index in [0.717, 1.165) is 15.9 Å². The van der Waals surface area contributed by atoms with Crippen LogP contribution in [0, 0.1) is 6.92 Å². The molecule has 0 saturated heterocycles. The van der Waals surface area contributed by atoms with Gasteiger partial charge in [0.2, 0.25) is 5.95 Å². The first-order chi connectivity index (χ1) is 10.6. The maximum Gasteiger partial charge on any atom is 0.413 e. The number of nitrogens with zero attached hydrogens (tertiary/aromatic N) is 1. The Morgan fingerprint density at radius 2 is 1.91 bits per heavy atom. The number of ether oxygens (including phenoxy) is 1. The third-order valence-corrected chi connectivity index (χ3v) is 4.11. The molecule has 0 aliphatic heterocycles. The molecule has 1 aromatic heterocycles. The molecule has 0 aliphatic rings. The molecule has 0 radical (unpaired) electrons. The van der Waals surface area contributed by atoms with Crippen LogP contribution < -0.4 is 5.32 Å². The van der Waals surface area contributed by atoms with Crippen molar-refractivity contribution < 1.29 is 9.53 Å². The number of benzene rings is 2. The van der Waals surface area contributed by atoms with Gasteiger partial charge < -0.3 is 9.72 Å². The summed E-state index contributed by atoms with van der Waals surface area (Å²) in [5.41, 5.74) is 2.90. The Morgan fingerprint density at radius 3 is 2.64 bits per heavy atom. The van der Waals surface area contributed by atoms with Crippen molar-refractivity contribution in [1.29, 1.82) is 0 Å². The number of rotatable bonds is 3. The van der Waals surface area contributed by atoms with Gasteiger partial charge in [-0.15, -0.1) is 0 Å². The number of nitrogens with one attached hydrogen (secondary N) is 2. The second-order valence-corrected chi connectivity index (χ2v) is 5.94. The third kappa shape index (κ3) is 3.23. The molecule has 22 heavy (non-hydrogen) atoms. The molecule has 0 aliphatic carbocycles. The number of hydrogen-bond acceptors (Lipinski definition) is 4. The average molecular weight is 313 g/mol. The molecule has 0 fully saturated rings. The number of hydrogen-bond donors (Lipinski definition) is 2. The van der Waals surface area contributed by atoms with Crippen molar-refractivity contribution in [2.45, 2.75) is 16.7 Å². The molecule has 112 valence electrons. The van der Waals surface area contributed by atoms with Crippen molar-refractivity contribution in [3.05, 3.63) is 48.0 Å². The van der Waals surface area contributed by atoms with E-state index in [1.54, 1.807) is 11.8 Å². The highest BCUT2D eigenvalue weighted by Crippen LogP contribution is 2.30. The first kappa shape index (κ1) is 14.5. The lowest BCUT2D eigenvalue weighted by atomic mass is 10.2. The summed E-state index contributed by atoms with van der Waals surface area (Å²) in [7, 11) is 1.31. The highest BCUT2D eigenvalue weighted by molar-refractivity contribution is 7.99. The number of carbonyl (C=O) groups is 1. The molecule has 5 nitrogen and oxygen atoms in total. The number of methoxy groups -OCH3 is 1. The van der Waals surface area contributed by atoms with Gasteiger partial charge in [0.15, 0.2) is 0 Å². The monoisotopic (exact) mass is 313 g/mol. The number of imidazole rings is 1. The standard InChI is InChI=1S/C16H15N3O2S/c1-10-3-5-11(6-4-10)22-12-7-8-13-14(9-12)18-15(17-13)19-16(20)21-2/h3-9H,1-2H3,(H2,17,18,19,20). The van der Waals surface area contributed by atoms with Crippen molar-refractivity contribution in [2.24, 2.45) is 0 Å². The molecule has 6 heteroatoms. The highest BCUT2D eigenvalue weighted by Gasteiger charge is 2.07. The highest BCUT2D eigenvalue weighted by atomic mass is 32.2. The van der Waals surface area contributed by atoms with E-state index in [1.807, 2.05) is 18.2 Å². The van der Waals surface area contributed by atoms with Crippen LogP contribution >= 0.6 is 11.8 Å². The molecule has 1 amide bonds. The molecule has 0 unspecified atom stereocenters. The molecule has 3 aromatic rings. The largest absolute Gasteiger partial charge is 0.453 e. The zero-order valence-electron chi connectivity index (χ0n) is 12.2. The van der Waals surface area contributed by atoms with Gasteiger partial charge in [-0.1, -0.05) is 29.5 Å². The van der Waals surface area contributed by atoms with Crippen molar-refractivity contribution in [3.63, 3.8) is 0 Å². The molecule has 3 rings (SSSR count). The number of carbonyl (C=O) groups excluding carboxylic acids is 1. The van der Waals surface area contributed by atoms with Crippen LogP contribution in [0.3, 0.4) is 0 Å². The number of aryl methyl sites for hydroxylation is 1. The van der Waals surface area contributed by atoms with Gasteiger partial charge >= 0.3 is 6.09 Å². The smallest absolute Gasteiger partial charge is 0.413 e. The molecule has 0 atom stereocenters. The van der Waals surface area contributed by atoms with Gasteiger partial charge in [-0.2, -0.15) is 0 Å². The fraction of sp³-hybridized carbons (Fsp3) is 0.125. The van der Waals surface area contributed by atoms with Crippen molar-refractivity contribution in [1.82, 2.24) is 9.97 Å². The summed E-state index contributed by atoms with van der Waals surface area (Å²) in [6.45, 7) is 2.07. The number of aromatic amines is 1. The van der Waals surface area contributed by atoms with Gasteiger partial charge in [-0.25, -0.2) is 9.78 Å². The van der Waals surface area contributed by atoms with E-state index in [2.05, 4.69) is 51.2 Å². The van der Waals surface area contributed by atoms with Crippen molar-refractivity contribution >= 4 is 34.8 Å². The summed E-state index contributed by atoms with van der Waals surface area (Å²) in [5.74, 6) is 0.374. The minimum Gasteiger partial charge on any atom is -0.453 e. The van der Waals surface area contributed by atoms with Gasteiger partial charge in [-0.05, 0) is 37.3 Å². The summed E-state index contributed by atoms with van der Waals surface area (Å²) in [5, 5.41) is 2.52. The number of H-pyrrole nitrogens is 1. The Labute approximate surface area is 132 Å². The second-order valence-electron chi connectivity index (χ2n) is 4.80. The summed E-state index contributed by atoms with van der Waals surface area (Å²) in [4.78, 5) is 20.8. The molecule has 2 aromatic carbocycles. The lowest BCUT2D eigenvalue weighted by Gasteiger charge is -2.02. The van der Waals surface area contributed by atoms with Gasteiger partial charge in [-0.3, -0.25) is 5.32 Å². The number of aromatic nitrogens is 2. The quantitative estimate of drug-likeness (QED) is 0.760. The zero-order valence-corrected chi connectivity index (χ0v) is 13.0. The zero-order chi connectivity index (χ0) is 15.5. The SMILES string of the molecule is COC(=O)Nc1nc2ccc(Sc3ccc(C)cc3)cc2[nH]1. The third-order valence-electron chi connectivity index (χ3n) is 3.12. The summed E-state index contributed by atoms with van der Waals surface area (Å²) in [6.07, 6.45) is -0.548. The van der Waals surface area contributed by atoms with Crippen LogP contribution in [0.5, 0.6) is 0 Å². The fourth-order valence-corrected chi connectivity index (χ4v) is 2.86. The maximum atomic E-state index is 11.2. The molecule has 0 spiro atoms. The summed E-state index contributed by atoms with van der Waals surface area (Å²) >= 11 is 1.68. The van der Waals surface area contributed by atoms with Crippen LogP contribution in [-0.2, 0) is 4.74 Å². The van der Waals surface area contributed by atoms with Crippen LogP contribution in [0.15, 0.2) is 52.3 Å². The Bertz CT molecular complexity index is 812. The lowest BCUT2D eigenvalue weighted by Crippen LogP contribution is -2.11. The molecule has 0 bridgehead atoms. The van der Waals surface area contributed by atoms with E-state index in [9.17, 15) is 4.79 Å². The normalized spacial score (nSPS) is 10.6. The Kier molecular flexibility index (Phi) is 4.02. The first-order valence-electron chi connectivity index (χ1n) is 6.73. The van der Waals surface area contributed by atoms with E-state index >= 15 is 0 Å². The molecular formula is C16H15N3O2S. The number of amides is 1. The van der Waals surface area contributed by atoms with E-state index in [-0.39, 0.29) is 0 Å². The Hall–Kier alpha value is -2.47. The molecule has 2 N–H and O–H groups in total. The van der Waals surface area contributed by atoms with Gasteiger partial charge in [0, 0.05) is 9.79 Å². The van der Waals surface area contributed by atoms with Crippen molar-refractivity contribution in [3.8, 4) is 0 Å². The van der Waals surface area contributed by atoms with Crippen molar-refractivity contribution in [2.75, 3.05) is 12.4 Å². The van der Waals surface area contributed by atoms with Gasteiger partial charge in [0.1, 0.15) is 0 Å². The predicted molar refractivity (Wildman–Crippen MR) is 87.4 cm³/mol. The first-order valence-corrected chi connectivity index (χ1v) is 7.55. The van der Waals surface area contributed by atoms with Crippen LogP contribution in [-0.4, -0.2) is 23.2 Å². The van der Waals surface area contributed by atoms with Gasteiger partial charge in [0.05, 0.1) is 18.1 Å². The van der Waals surface area contributed by atoms with Crippen LogP contribution in [0.2, 0.25) is 0 Å². The molecule has 1 heterocycles. The van der Waals surface area contributed by atoms with Crippen LogP contribution in [0.1, 0.15) is 5.56 Å². The molecular weight excluding hydrogens is 298 g/mol. The van der Waals surface area contributed by atoms with E-state index in [4.69, 9.17) is 0 Å². The fourth-order valence-electron chi connectivity index (χ4n) is 2.00. The van der Waals surface area contributed by atoms with E-state index < -0.39 is 6.09 Å². The topological polar surface area (TPSA) is 67.0 Å². The van der Waals surface area contributed by atoms with Crippen LogP contribution in [0.4, 0.5) is 10.7 Å². The minimum atomic E-state index is -0.548. The Balaban J connectivity index is 1.83. The Morgan fingerprint density at radius 1 is 1.18 bits per heavy atom. The van der Waals surface area contributed by atoms with Gasteiger partial charge in [0.25, 0.3) is 0 Å². The molecule has 0 saturated carbocycles. The maximum absolute atomic E-state index is 11.2. The predicted octanol–water partition coefficient (Wildman–Crippen LogP) is 4.20. The van der Waals surface area contributed by atoms with E-state index in [0.29, 0.717) is 5.95 Å². The second kappa shape index (κ2) is 6.11. The lowest BCUT2D eigenvalue weighted by molar-refractivity contribution is 0.186. The summed E-state index contributed by atoms with van der Waals surface area (Å²) < 4.78 is 4.55. The minimum absolute atomic E-state index is 0.374. The average Bonchev–Trinajstić information content (AvgIpc) is 2.91.